The zero-order valence-corrected chi connectivity index (χ0v) is 37.5. The van der Waals surface area contributed by atoms with Crippen molar-refractivity contribution in [2.75, 3.05) is 19.0 Å². The molecule has 1 rings (SSSR count). The zero-order chi connectivity index (χ0) is 44.6. The molecule has 1 aromatic carbocycles. The molecule has 0 saturated carbocycles. The van der Waals surface area contributed by atoms with Gasteiger partial charge >= 0.3 is 34.2 Å². The summed E-state index contributed by atoms with van der Waals surface area (Å²) in [6, 6.07) is 1.43. The van der Waals surface area contributed by atoms with Gasteiger partial charge in [-0.1, -0.05) is 63.6 Å². The van der Waals surface area contributed by atoms with Gasteiger partial charge in [0, 0.05) is 5.75 Å². The molecule has 4 atom stereocenters. The topological polar surface area (TPSA) is 231 Å². The molecule has 328 valence electrons. The quantitative estimate of drug-likeness (QED) is 0.0434. The summed E-state index contributed by atoms with van der Waals surface area (Å²) in [5.74, 6) is -5.14. The Morgan fingerprint density at radius 1 is 0.741 bits per heavy atom. The molecule has 58 heavy (non-hydrogen) atoms. The summed E-state index contributed by atoms with van der Waals surface area (Å²) >= 11 is 0.458. The van der Waals surface area contributed by atoms with Crippen LogP contribution in [0.25, 0.3) is 0 Å². The van der Waals surface area contributed by atoms with Gasteiger partial charge in [0.25, 0.3) is 5.91 Å². The number of amides is 4. The average Bonchev–Trinajstić information content (AvgIpc) is 3.08. The Morgan fingerprint density at radius 2 is 1.24 bits per heavy atom. The van der Waals surface area contributed by atoms with Crippen molar-refractivity contribution >= 4 is 57.8 Å². The van der Waals surface area contributed by atoms with E-state index in [0.717, 1.165) is 5.56 Å². The second-order valence-corrected chi connectivity index (χ2v) is 18.2. The highest BCUT2D eigenvalue weighted by Gasteiger charge is 2.35. The molecule has 0 bridgehead atoms. The Balaban J connectivity index is 4.12. The van der Waals surface area contributed by atoms with E-state index >= 15 is 0 Å². The molecule has 4 N–H and O–H groups in total. The number of carbonyl (C=O) groups excluding carboxylic acids is 6. The molecule has 0 radical (unpaired) electrons. The van der Waals surface area contributed by atoms with Crippen LogP contribution in [0.4, 0.5) is 9.59 Å². The SMILES string of the molecule is CCOC(=O)[C@H](CS/C(OS(=O)(=O)c1ccc(C)cc1)=C(/NC(=O)[C@@H](NC(=O)OC(C)(C)C)C(C)CC)C(=O)N[C@@H](CC(C)C)C(=O)OCC)NC(=O)OC(C)(C)C. The van der Waals surface area contributed by atoms with Gasteiger partial charge in [-0.05, 0) is 92.7 Å². The summed E-state index contributed by atoms with van der Waals surface area (Å²) in [5.41, 5.74) is -1.98. The maximum absolute atomic E-state index is 14.4. The highest BCUT2D eigenvalue weighted by Crippen LogP contribution is 2.28. The van der Waals surface area contributed by atoms with Gasteiger partial charge in [0.15, 0.2) is 5.70 Å². The Hall–Kier alpha value is -4.52. The first kappa shape index (κ1) is 51.5. The molecule has 0 aliphatic heterocycles. The number of hydrogen-bond acceptors (Lipinski definition) is 14. The molecule has 19 heteroatoms. The first-order valence-electron chi connectivity index (χ1n) is 19.1. The predicted octanol–water partition coefficient (Wildman–Crippen LogP) is 5.21. The van der Waals surface area contributed by atoms with E-state index in [4.69, 9.17) is 23.1 Å². The lowest BCUT2D eigenvalue weighted by atomic mass is 9.98. The third-order valence-corrected chi connectivity index (χ3v) is 9.96. The van der Waals surface area contributed by atoms with Gasteiger partial charge in [0.2, 0.25) is 11.0 Å². The molecule has 0 spiro atoms. The zero-order valence-electron chi connectivity index (χ0n) is 35.9. The lowest BCUT2D eigenvalue weighted by Gasteiger charge is -2.27. The maximum Gasteiger partial charge on any atom is 0.408 e. The fraction of sp³-hybridized carbons (Fsp3) is 0.641. The first-order chi connectivity index (χ1) is 26.7. The fourth-order valence-corrected chi connectivity index (χ4v) is 6.84. The number of carbonyl (C=O) groups is 6. The minimum absolute atomic E-state index is 0.0193. The molecule has 0 aliphatic rings. The Kier molecular flexibility index (Phi) is 20.6. The van der Waals surface area contributed by atoms with Gasteiger partial charge in [-0.25, -0.2) is 19.2 Å². The van der Waals surface area contributed by atoms with E-state index < -0.39 is 97.8 Å². The van der Waals surface area contributed by atoms with Crippen LogP contribution in [0.5, 0.6) is 0 Å². The van der Waals surface area contributed by atoms with Crippen molar-refractivity contribution in [2.45, 2.75) is 137 Å². The molecule has 1 unspecified atom stereocenters. The Labute approximate surface area is 346 Å². The van der Waals surface area contributed by atoms with Crippen LogP contribution in [-0.4, -0.2) is 92.7 Å². The molecule has 17 nitrogen and oxygen atoms in total. The van der Waals surface area contributed by atoms with E-state index in [1.165, 1.54) is 31.2 Å². The summed E-state index contributed by atoms with van der Waals surface area (Å²) in [6.45, 7) is 21.4. The predicted molar refractivity (Wildman–Crippen MR) is 217 cm³/mol. The smallest absolute Gasteiger partial charge is 0.408 e. The molecular weight excluding hydrogens is 797 g/mol. The van der Waals surface area contributed by atoms with E-state index in [9.17, 15) is 37.2 Å². The van der Waals surface area contributed by atoms with Crippen LogP contribution in [-0.2, 0) is 52.4 Å². The van der Waals surface area contributed by atoms with Crippen molar-refractivity contribution in [2.24, 2.45) is 11.8 Å². The van der Waals surface area contributed by atoms with Crippen molar-refractivity contribution < 1.29 is 60.3 Å². The van der Waals surface area contributed by atoms with Gasteiger partial charge in [-0.2, -0.15) is 8.42 Å². The summed E-state index contributed by atoms with van der Waals surface area (Å²) < 4.78 is 54.4. The van der Waals surface area contributed by atoms with Gasteiger partial charge in [0.1, 0.15) is 34.2 Å². The van der Waals surface area contributed by atoms with Crippen LogP contribution in [0, 0.1) is 18.8 Å². The first-order valence-corrected chi connectivity index (χ1v) is 21.4. The number of aryl methyl sites for hydroxylation is 1. The number of ether oxygens (including phenoxy) is 4. The second-order valence-electron chi connectivity index (χ2n) is 15.7. The van der Waals surface area contributed by atoms with E-state index in [1.807, 2.05) is 0 Å². The lowest BCUT2D eigenvalue weighted by molar-refractivity contribution is -0.147. The normalized spacial score (nSPS) is 14.4. The summed E-state index contributed by atoms with van der Waals surface area (Å²) in [7, 11) is -4.79. The van der Waals surface area contributed by atoms with Crippen molar-refractivity contribution in [1.29, 1.82) is 0 Å². The van der Waals surface area contributed by atoms with E-state index in [-0.39, 0.29) is 30.4 Å². The van der Waals surface area contributed by atoms with E-state index in [0.29, 0.717) is 18.2 Å². The molecule has 1 aromatic rings. The van der Waals surface area contributed by atoms with Crippen LogP contribution in [0.1, 0.15) is 101 Å². The third kappa shape index (κ3) is 18.8. The Bertz CT molecular complexity index is 1720. The van der Waals surface area contributed by atoms with Crippen LogP contribution in [0.15, 0.2) is 39.9 Å². The second kappa shape index (κ2) is 23.2. The van der Waals surface area contributed by atoms with Gasteiger partial charge < -0.3 is 44.4 Å². The number of alkyl carbamates (subject to hydrolysis) is 2. The van der Waals surface area contributed by atoms with Gasteiger partial charge in [-0.3, -0.25) is 9.59 Å². The van der Waals surface area contributed by atoms with Crippen LogP contribution in [0.2, 0.25) is 0 Å². The van der Waals surface area contributed by atoms with Gasteiger partial charge in [-0.15, -0.1) is 0 Å². The summed E-state index contributed by atoms with van der Waals surface area (Å²) in [6.07, 6.45) is -1.51. The van der Waals surface area contributed by atoms with Crippen molar-refractivity contribution in [3.63, 3.8) is 0 Å². The van der Waals surface area contributed by atoms with Crippen molar-refractivity contribution in [1.82, 2.24) is 21.3 Å². The number of esters is 2. The number of thioether (sulfide) groups is 1. The van der Waals surface area contributed by atoms with Crippen molar-refractivity contribution in [3.8, 4) is 0 Å². The molecule has 4 amide bonds. The van der Waals surface area contributed by atoms with Crippen LogP contribution >= 0.6 is 11.8 Å². The summed E-state index contributed by atoms with van der Waals surface area (Å²) in [4.78, 5) is 80.2. The largest absolute Gasteiger partial charge is 0.464 e. The maximum atomic E-state index is 14.4. The molecule has 0 aliphatic carbocycles. The van der Waals surface area contributed by atoms with E-state index in [2.05, 4.69) is 21.3 Å². The molecule has 0 heterocycles. The molecule has 0 saturated heterocycles. The van der Waals surface area contributed by atoms with Crippen LogP contribution < -0.4 is 21.3 Å². The van der Waals surface area contributed by atoms with Crippen molar-refractivity contribution in [3.05, 3.63) is 40.6 Å². The molecule has 0 aromatic heterocycles. The Morgan fingerprint density at radius 3 is 1.71 bits per heavy atom. The minimum Gasteiger partial charge on any atom is -0.464 e. The highest BCUT2D eigenvalue weighted by atomic mass is 32.2. The molecule has 0 fully saturated rings. The average molecular weight is 859 g/mol. The lowest BCUT2D eigenvalue weighted by Crippen LogP contribution is -2.53. The van der Waals surface area contributed by atoms with E-state index in [1.54, 1.807) is 83.1 Å². The fourth-order valence-electron chi connectivity index (χ4n) is 4.71. The standard InChI is InChI=1S/C39H62N4O13S2/c1-14-25(7)29(43-37(49)55-39(11,12)13)31(44)42-30(32(45)40-27(21-23(4)5)33(46)52-15-2)35(56-58(50,51)26-19-17-24(6)18-20-26)57-22-28(34(47)53-16-3)41-36(48)54-38(8,9)10/h17-20,23,25,27-29H,14-16,21-22H2,1-13H3,(H,40,45)(H,41,48)(H,42,44)(H,43,49)/b35-30+/t25?,27-,28-,29-/m0/s1. The van der Waals surface area contributed by atoms with Gasteiger partial charge in [0.05, 0.1) is 13.2 Å². The highest BCUT2D eigenvalue weighted by molar-refractivity contribution is 8.03. The number of benzene rings is 1. The summed E-state index contributed by atoms with van der Waals surface area (Å²) in [5, 5.41) is 9.10. The molecular formula is C39H62N4O13S2. The number of nitrogens with one attached hydrogen (secondary N) is 4. The minimum atomic E-state index is -4.79. The third-order valence-electron chi connectivity index (χ3n) is 7.57. The van der Waals surface area contributed by atoms with Crippen LogP contribution in [0.3, 0.4) is 0 Å². The number of hydrogen-bond donors (Lipinski definition) is 4. The monoisotopic (exact) mass is 858 g/mol. The number of rotatable bonds is 20.